The normalized spacial score (nSPS) is 12.9. The molecule has 1 aromatic carbocycles. The third-order valence-electron chi connectivity index (χ3n) is 1.89. The minimum atomic E-state index is 0.169. The van der Waals surface area contributed by atoms with Gasteiger partial charge in [0, 0.05) is 16.1 Å². The van der Waals surface area contributed by atoms with Crippen LogP contribution in [0.25, 0.3) is 0 Å². The van der Waals surface area contributed by atoms with Crippen LogP contribution in [-0.4, -0.2) is 12.2 Å². The highest BCUT2D eigenvalue weighted by atomic mass is 79.9. The van der Waals surface area contributed by atoms with E-state index in [1.165, 1.54) is 0 Å². The molecule has 2 N–H and O–H groups in total. The van der Waals surface area contributed by atoms with Crippen LogP contribution in [0.3, 0.4) is 0 Å². The molecule has 0 aliphatic rings. The molecule has 1 rings (SSSR count). The third kappa shape index (κ3) is 1.99. The van der Waals surface area contributed by atoms with E-state index < -0.39 is 0 Å². The highest BCUT2D eigenvalue weighted by Gasteiger charge is 2.07. The Morgan fingerprint density at radius 1 is 1.50 bits per heavy atom. The van der Waals surface area contributed by atoms with E-state index in [4.69, 9.17) is 0 Å². The van der Waals surface area contributed by atoms with Crippen LogP contribution in [0.4, 0.5) is 0 Å². The summed E-state index contributed by atoms with van der Waals surface area (Å²) in [6, 6.07) is 5.59. The minimum Gasteiger partial charge on any atom is -0.508 e. The molecule has 1 atom stereocenters. The second-order valence-corrected chi connectivity index (χ2v) is 3.63. The first-order valence-electron chi connectivity index (χ1n) is 3.81. The molecule has 0 aliphatic carbocycles. The number of aromatic hydroxyl groups is 1. The van der Waals surface area contributed by atoms with Gasteiger partial charge in [-0.25, -0.2) is 0 Å². The van der Waals surface area contributed by atoms with Crippen LogP contribution in [-0.2, 0) is 0 Å². The maximum absolute atomic E-state index is 9.48. The van der Waals surface area contributed by atoms with E-state index in [2.05, 4.69) is 21.2 Å². The van der Waals surface area contributed by atoms with Crippen LogP contribution < -0.4 is 5.32 Å². The van der Waals surface area contributed by atoms with E-state index in [0.29, 0.717) is 5.75 Å². The van der Waals surface area contributed by atoms with Crippen molar-refractivity contribution in [1.82, 2.24) is 5.32 Å². The van der Waals surface area contributed by atoms with E-state index in [1.54, 1.807) is 6.07 Å². The fraction of sp³-hybridized carbons (Fsp3) is 0.333. The maximum Gasteiger partial charge on any atom is 0.120 e. The lowest BCUT2D eigenvalue weighted by molar-refractivity contribution is 0.457. The Labute approximate surface area is 80.7 Å². The van der Waals surface area contributed by atoms with Crippen molar-refractivity contribution in [2.75, 3.05) is 7.05 Å². The first kappa shape index (κ1) is 9.55. The summed E-state index contributed by atoms with van der Waals surface area (Å²) in [5.41, 5.74) is 0.909. The Hall–Kier alpha value is -0.540. The molecule has 0 radical (unpaired) electrons. The van der Waals surface area contributed by atoms with Crippen molar-refractivity contribution in [2.24, 2.45) is 0 Å². The van der Waals surface area contributed by atoms with Crippen LogP contribution in [0.2, 0.25) is 0 Å². The zero-order valence-corrected chi connectivity index (χ0v) is 8.72. The smallest absolute Gasteiger partial charge is 0.120 e. The molecule has 0 unspecified atom stereocenters. The lowest BCUT2D eigenvalue weighted by Crippen LogP contribution is -2.12. The summed E-state index contributed by atoms with van der Waals surface area (Å²) in [4.78, 5) is 0. The van der Waals surface area contributed by atoms with E-state index in [-0.39, 0.29) is 6.04 Å². The molecule has 0 amide bonds. The minimum absolute atomic E-state index is 0.169. The monoisotopic (exact) mass is 229 g/mol. The summed E-state index contributed by atoms with van der Waals surface area (Å²) in [5.74, 6) is 0.333. The highest BCUT2D eigenvalue weighted by molar-refractivity contribution is 9.10. The number of nitrogens with one attached hydrogen (secondary N) is 1. The van der Waals surface area contributed by atoms with E-state index >= 15 is 0 Å². The average molecular weight is 230 g/mol. The van der Waals surface area contributed by atoms with E-state index in [1.807, 2.05) is 26.1 Å². The topological polar surface area (TPSA) is 32.3 Å². The van der Waals surface area contributed by atoms with Crippen molar-refractivity contribution < 1.29 is 5.11 Å². The van der Waals surface area contributed by atoms with Gasteiger partial charge in [0.2, 0.25) is 0 Å². The van der Waals surface area contributed by atoms with Gasteiger partial charge in [0.1, 0.15) is 5.75 Å². The Morgan fingerprint density at radius 2 is 2.17 bits per heavy atom. The summed E-state index contributed by atoms with van der Waals surface area (Å²) in [7, 11) is 1.87. The summed E-state index contributed by atoms with van der Waals surface area (Å²) >= 11 is 3.35. The summed E-state index contributed by atoms with van der Waals surface area (Å²) in [5, 5.41) is 12.5. The number of hydrogen-bond acceptors (Lipinski definition) is 2. The largest absolute Gasteiger partial charge is 0.508 e. The molecule has 1 aromatic rings. The molecule has 0 heterocycles. The second-order valence-electron chi connectivity index (χ2n) is 2.71. The van der Waals surface area contributed by atoms with Gasteiger partial charge in [0.05, 0.1) is 0 Å². The van der Waals surface area contributed by atoms with Crippen molar-refractivity contribution >= 4 is 15.9 Å². The number of benzene rings is 1. The SMILES string of the molecule is CN[C@H](C)c1cc(Br)ccc1O. The van der Waals surface area contributed by atoms with Gasteiger partial charge in [0.15, 0.2) is 0 Å². The molecular formula is C9H12BrNO. The van der Waals surface area contributed by atoms with Crippen molar-refractivity contribution in [1.29, 1.82) is 0 Å². The van der Waals surface area contributed by atoms with Gasteiger partial charge in [-0.3, -0.25) is 0 Å². The molecule has 3 heteroatoms. The first-order chi connectivity index (χ1) is 5.65. The van der Waals surface area contributed by atoms with Crippen LogP contribution in [0.15, 0.2) is 22.7 Å². The molecule has 0 fully saturated rings. The van der Waals surface area contributed by atoms with Gasteiger partial charge in [0.25, 0.3) is 0 Å². The van der Waals surface area contributed by atoms with Crippen molar-refractivity contribution in [3.63, 3.8) is 0 Å². The Morgan fingerprint density at radius 3 is 2.75 bits per heavy atom. The van der Waals surface area contributed by atoms with Crippen molar-refractivity contribution in [3.05, 3.63) is 28.2 Å². The fourth-order valence-electron chi connectivity index (χ4n) is 1.03. The lowest BCUT2D eigenvalue weighted by Gasteiger charge is -2.12. The molecule has 0 saturated carbocycles. The molecule has 0 aliphatic heterocycles. The number of halogens is 1. The average Bonchev–Trinajstić information content (AvgIpc) is 2.08. The Balaban J connectivity index is 3.04. The summed E-state index contributed by atoms with van der Waals surface area (Å²) in [6.45, 7) is 2.00. The quantitative estimate of drug-likeness (QED) is 0.817. The predicted octanol–water partition coefficient (Wildman–Crippen LogP) is 2.44. The van der Waals surface area contributed by atoms with Crippen molar-refractivity contribution in [3.8, 4) is 5.75 Å². The molecule has 66 valence electrons. The first-order valence-corrected chi connectivity index (χ1v) is 4.60. The van der Waals surface area contributed by atoms with Crippen LogP contribution in [0.1, 0.15) is 18.5 Å². The van der Waals surface area contributed by atoms with E-state index in [0.717, 1.165) is 10.0 Å². The molecule has 0 aromatic heterocycles. The van der Waals surface area contributed by atoms with Crippen LogP contribution >= 0.6 is 15.9 Å². The van der Waals surface area contributed by atoms with Crippen molar-refractivity contribution in [2.45, 2.75) is 13.0 Å². The highest BCUT2D eigenvalue weighted by Crippen LogP contribution is 2.26. The molecular weight excluding hydrogens is 218 g/mol. The van der Waals surface area contributed by atoms with Gasteiger partial charge in [-0.15, -0.1) is 0 Å². The van der Waals surface area contributed by atoms with Crippen LogP contribution in [0, 0.1) is 0 Å². The van der Waals surface area contributed by atoms with Gasteiger partial charge >= 0.3 is 0 Å². The van der Waals surface area contributed by atoms with Gasteiger partial charge in [-0.1, -0.05) is 15.9 Å². The Kier molecular flexibility index (Phi) is 3.12. The number of phenolic OH excluding ortho intramolecular Hbond substituents is 1. The van der Waals surface area contributed by atoms with Gasteiger partial charge in [-0.2, -0.15) is 0 Å². The Bertz CT molecular complexity index is 275. The maximum atomic E-state index is 9.48. The standard InChI is InChI=1S/C9H12BrNO/c1-6(11-2)8-5-7(10)3-4-9(8)12/h3-6,11-12H,1-2H3/t6-/m1/s1. The zero-order chi connectivity index (χ0) is 9.14. The molecule has 2 nitrogen and oxygen atoms in total. The molecule has 12 heavy (non-hydrogen) atoms. The summed E-state index contributed by atoms with van der Waals surface area (Å²) < 4.78 is 0.984. The number of hydrogen-bond donors (Lipinski definition) is 2. The molecule has 0 saturated heterocycles. The van der Waals surface area contributed by atoms with Crippen LogP contribution in [0.5, 0.6) is 5.75 Å². The predicted molar refractivity (Wildman–Crippen MR) is 53.3 cm³/mol. The zero-order valence-electron chi connectivity index (χ0n) is 7.13. The molecule has 0 spiro atoms. The molecule has 0 bridgehead atoms. The third-order valence-corrected chi connectivity index (χ3v) is 2.38. The summed E-state index contributed by atoms with van der Waals surface area (Å²) in [6.07, 6.45) is 0. The van der Waals surface area contributed by atoms with Gasteiger partial charge < -0.3 is 10.4 Å². The van der Waals surface area contributed by atoms with Gasteiger partial charge in [-0.05, 0) is 32.2 Å². The number of rotatable bonds is 2. The fourth-order valence-corrected chi connectivity index (χ4v) is 1.41. The second kappa shape index (κ2) is 3.92. The number of phenols is 1. The lowest BCUT2D eigenvalue weighted by atomic mass is 10.1. The van der Waals surface area contributed by atoms with E-state index in [9.17, 15) is 5.11 Å².